The van der Waals surface area contributed by atoms with E-state index in [1.807, 2.05) is 6.08 Å². The molecule has 2 heterocycles. The van der Waals surface area contributed by atoms with Gasteiger partial charge in [0, 0.05) is 6.42 Å². The van der Waals surface area contributed by atoms with Crippen molar-refractivity contribution in [3.8, 4) is 0 Å². The minimum Gasteiger partial charge on any atom is -0.394 e. The molecule has 0 aromatic heterocycles. The molecule has 1 amide bonds. The van der Waals surface area contributed by atoms with Gasteiger partial charge in [-0.25, -0.2) is 0 Å². The second kappa shape index (κ2) is 72.5. The minimum atomic E-state index is -1.79. The Bertz CT molecular complexity index is 1960. The van der Waals surface area contributed by atoms with E-state index in [4.69, 9.17) is 18.9 Å². The number of allylic oxidation sites excluding steroid dienone is 9. The molecule has 9 N–H and O–H groups in total. The molecule has 2 aliphatic rings. The monoisotopic (exact) mass is 1460 g/mol. The number of nitrogens with one attached hydrogen (secondary N) is 1. The number of unbranched alkanes of at least 4 members (excludes halogenated alkanes) is 54. The van der Waals surface area contributed by atoms with Crippen molar-refractivity contribution in [2.75, 3.05) is 19.8 Å². The summed E-state index contributed by atoms with van der Waals surface area (Å²) in [5, 5.41) is 87.8. The number of rotatable bonds is 75. The smallest absolute Gasteiger partial charge is 0.220 e. The molecule has 14 nitrogen and oxygen atoms in total. The van der Waals surface area contributed by atoms with E-state index in [0.717, 1.165) is 44.9 Å². The molecule has 14 heteroatoms. The van der Waals surface area contributed by atoms with E-state index in [9.17, 15) is 45.6 Å². The van der Waals surface area contributed by atoms with Gasteiger partial charge in [-0.05, 0) is 70.6 Å². The number of carbonyl (C=O) groups excluding carboxylic acids is 1. The first-order valence-electron chi connectivity index (χ1n) is 44.0. The third kappa shape index (κ3) is 54.9. The van der Waals surface area contributed by atoms with Crippen LogP contribution in [0.3, 0.4) is 0 Å². The summed E-state index contributed by atoms with van der Waals surface area (Å²) >= 11 is 0. The van der Waals surface area contributed by atoms with E-state index in [0.29, 0.717) is 12.8 Å². The van der Waals surface area contributed by atoms with Crippen LogP contribution in [0.25, 0.3) is 0 Å². The quantitative estimate of drug-likeness (QED) is 0.0204. The summed E-state index contributed by atoms with van der Waals surface area (Å²) in [6, 6.07) is -0.934. The summed E-state index contributed by atoms with van der Waals surface area (Å²) in [6.45, 7) is 2.84. The average molecular weight is 1460 g/mol. The highest BCUT2D eigenvalue weighted by molar-refractivity contribution is 5.76. The number of hydrogen-bond donors (Lipinski definition) is 9. The molecular weight excluding hydrogens is 1290 g/mol. The second-order valence-electron chi connectivity index (χ2n) is 31.0. The predicted molar refractivity (Wildman–Crippen MR) is 429 cm³/mol. The van der Waals surface area contributed by atoms with E-state index in [2.05, 4.69) is 67.8 Å². The lowest BCUT2D eigenvalue weighted by atomic mass is 9.97. The van der Waals surface area contributed by atoms with Gasteiger partial charge in [0.15, 0.2) is 12.6 Å². The summed E-state index contributed by atoms with van der Waals surface area (Å²) < 4.78 is 22.9. The van der Waals surface area contributed by atoms with E-state index in [1.54, 1.807) is 6.08 Å². The number of aliphatic hydroxyl groups excluding tert-OH is 8. The number of hydrogen-bond acceptors (Lipinski definition) is 13. The van der Waals surface area contributed by atoms with Gasteiger partial charge in [-0.3, -0.25) is 4.79 Å². The van der Waals surface area contributed by atoms with E-state index < -0.39 is 86.8 Å². The molecule has 12 atom stereocenters. The van der Waals surface area contributed by atoms with Crippen molar-refractivity contribution in [2.45, 2.75) is 479 Å². The van der Waals surface area contributed by atoms with Crippen molar-refractivity contribution in [3.05, 3.63) is 60.8 Å². The van der Waals surface area contributed by atoms with Crippen LogP contribution in [0.4, 0.5) is 0 Å². The Balaban J connectivity index is 1.58. The van der Waals surface area contributed by atoms with Gasteiger partial charge < -0.3 is 65.1 Å². The summed E-state index contributed by atoms with van der Waals surface area (Å²) in [5.41, 5.74) is 0. The molecular formula is C89H165NO13. The van der Waals surface area contributed by atoms with Crippen LogP contribution < -0.4 is 5.32 Å². The number of amides is 1. The zero-order valence-corrected chi connectivity index (χ0v) is 66.6. The Hall–Kier alpha value is -2.31. The molecule has 2 saturated heterocycles. The first kappa shape index (κ1) is 96.8. The van der Waals surface area contributed by atoms with Crippen LogP contribution in [-0.4, -0.2) is 140 Å². The van der Waals surface area contributed by atoms with E-state index in [1.165, 1.54) is 327 Å². The molecule has 2 fully saturated rings. The van der Waals surface area contributed by atoms with Crippen molar-refractivity contribution in [3.63, 3.8) is 0 Å². The van der Waals surface area contributed by atoms with Crippen molar-refractivity contribution < 1.29 is 64.6 Å². The van der Waals surface area contributed by atoms with Gasteiger partial charge in [0.25, 0.3) is 0 Å². The Kier molecular flexibility index (Phi) is 68.2. The topological polar surface area (TPSA) is 228 Å². The molecule has 0 spiro atoms. The highest BCUT2D eigenvalue weighted by atomic mass is 16.7. The fourth-order valence-corrected chi connectivity index (χ4v) is 14.5. The first-order valence-corrected chi connectivity index (χ1v) is 44.0. The van der Waals surface area contributed by atoms with Gasteiger partial charge in [0.05, 0.1) is 32.0 Å². The highest BCUT2D eigenvalue weighted by Crippen LogP contribution is 2.31. The molecule has 2 rings (SSSR count). The first-order chi connectivity index (χ1) is 50.6. The fraction of sp³-hybridized carbons (Fsp3) is 0.876. The fourth-order valence-electron chi connectivity index (χ4n) is 14.5. The molecule has 0 aliphatic carbocycles. The van der Waals surface area contributed by atoms with Crippen LogP contribution in [0.5, 0.6) is 0 Å². The Morgan fingerprint density at radius 1 is 0.350 bits per heavy atom. The lowest BCUT2D eigenvalue weighted by Crippen LogP contribution is -2.65. The zero-order chi connectivity index (χ0) is 74.4. The summed E-state index contributed by atoms with van der Waals surface area (Å²) in [7, 11) is 0. The predicted octanol–water partition coefficient (Wildman–Crippen LogP) is 21.1. The van der Waals surface area contributed by atoms with Gasteiger partial charge in [0.1, 0.15) is 48.8 Å². The highest BCUT2D eigenvalue weighted by Gasteiger charge is 2.51. The molecule has 0 saturated carbocycles. The van der Waals surface area contributed by atoms with Crippen molar-refractivity contribution in [2.24, 2.45) is 0 Å². The third-order valence-corrected chi connectivity index (χ3v) is 21.4. The molecule has 12 unspecified atom stereocenters. The van der Waals surface area contributed by atoms with Crippen LogP contribution in [0, 0.1) is 0 Å². The number of carbonyl (C=O) groups is 1. The summed E-state index contributed by atoms with van der Waals surface area (Å²) in [4.78, 5) is 13.4. The molecule has 0 radical (unpaired) electrons. The van der Waals surface area contributed by atoms with Crippen LogP contribution in [-0.2, 0) is 23.7 Å². The van der Waals surface area contributed by atoms with Crippen LogP contribution >= 0.6 is 0 Å². The Morgan fingerprint density at radius 2 is 0.650 bits per heavy atom. The van der Waals surface area contributed by atoms with Crippen molar-refractivity contribution in [1.29, 1.82) is 0 Å². The summed E-state index contributed by atoms with van der Waals surface area (Å²) in [5.74, 6) is -0.241. The maximum absolute atomic E-state index is 13.4. The largest absolute Gasteiger partial charge is 0.394 e. The standard InChI is InChI=1S/C89H165NO13/c1-3-5-7-9-11-13-15-17-19-21-23-25-27-29-31-33-35-36-37-38-39-40-41-42-43-45-47-49-51-53-55-57-59-61-63-65-67-69-71-73-81(94)90-77(76-100-88-86(99)84(97)87(80(75-92)102-88)103-89-85(98)83(96)82(95)79(74-91)101-89)78(93)72-70-68-66-64-62-60-58-56-54-52-50-48-46-44-34-32-30-28-26-24-22-20-18-16-14-12-10-8-6-4-2/h15,17,21,23,27,29,62,64,70,72,77-80,82-89,91-93,95-99H,3-14,16,18-20,22,24-26,28,30-61,63,65-69,71,73-76H2,1-2H3,(H,90,94)/b17-15-,23-21-,29-27-,64-62+,72-70+. The van der Waals surface area contributed by atoms with Gasteiger partial charge in [0.2, 0.25) is 5.91 Å². The lowest BCUT2D eigenvalue weighted by Gasteiger charge is -2.46. The molecule has 103 heavy (non-hydrogen) atoms. The Morgan fingerprint density at radius 3 is 1.02 bits per heavy atom. The zero-order valence-electron chi connectivity index (χ0n) is 66.6. The van der Waals surface area contributed by atoms with Crippen molar-refractivity contribution in [1.82, 2.24) is 5.32 Å². The summed E-state index contributed by atoms with van der Waals surface area (Å²) in [6.07, 6.45) is 83.4. The van der Waals surface area contributed by atoms with Crippen LogP contribution in [0.2, 0.25) is 0 Å². The van der Waals surface area contributed by atoms with E-state index in [-0.39, 0.29) is 18.9 Å². The number of aliphatic hydroxyl groups is 8. The minimum absolute atomic E-state index is 0.241. The molecule has 2 aliphatic heterocycles. The average Bonchev–Trinajstić information content (AvgIpc) is 0.791. The van der Waals surface area contributed by atoms with E-state index >= 15 is 0 Å². The van der Waals surface area contributed by atoms with Crippen molar-refractivity contribution >= 4 is 5.91 Å². The van der Waals surface area contributed by atoms with Crippen LogP contribution in [0.1, 0.15) is 406 Å². The normalized spacial score (nSPS) is 21.8. The maximum atomic E-state index is 13.4. The van der Waals surface area contributed by atoms with Crippen LogP contribution in [0.15, 0.2) is 60.8 Å². The number of ether oxygens (including phenoxy) is 4. The van der Waals surface area contributed by atoms with Gasteiger partial charge in [-0.1, -0.05) is 389 Å². The van der Waals surface area contributed by atoms with Gasteiger partial charge in [-0.2, -0.15) is 0 Å². The molecule has 0 aromatic rings. The molecule has 604 valence electrons. The SMILES string of the molecule is CCCCCCC/C=C\C/C=C\C/C=C\CCCCCCCCCCCCCCCCCCCCCCCCCCC(=O)NC(COC1OC(CO)C(OC2OC(CO)C(O)C(O)C2O)C(O)C1O)C(O)/C=C/CC/C=C/CCCCCCCCCCCCCCCCCCCCCCCCCC. The third-order valence-electron chi connectivity index (χ3n) is 21.4. The molecule has 0 aromatic carbocycles. The van der Waals surface area contributed by atoms with Gasteiger partial charge in [-0.15, -0.1) is 0 Å². The lowest BCUT2D eigenvalue weighted by molar-refractivity contribution is -0.359. The second-order valence-corrected chi connectivity index (χ2v) is 31.0. The maximum Gasteiger partial charge on any atom is 0.220 e. The molecule has 0 bridgehead atoms. The Labute approximate surface area is 632 Å². The van der Waals surface area contributed by atoms with Gasteiger partial charge >= 0.3 is 0 Å².